The van der Waals surface area contributed by atoms with Gasteiger partial charge in [-0.05, 0) is 36.6 Å². The van der Waals surface area contributed by atoms with Gasteiger partial charge in [0.25, 0.3) is 0 Å². The van der Waals surface area contributed by atoms with Gasteiger partial charge < -0.3 is 5.32 Å². The maximum absolute atomic E-state index is 6.00. The molecule has 0 saturated heterocycles. The fourth-order valence-electron chi connectivity index (χ4n) is 2.52. The SMILES string of the molecule is Cl.Clc1ccc2c(c1)C1(CCC1)CN2. The van der Waals surface area contributed by atoms with Gasteiger partial charge in [0.15, 0.2) is 0 Å². The Labute approximate surface area is 95.3 Å². The van der Waals surface area contributed by atoms with Crippen LogP contribution in [0.5, 0.6) is 0 Å². The summed E-state index contributed by atoms with van der Waals surface area (Å²) < 4.78 is 0. The van der Waals surface area contributed by atoms with E-state index in [-0.39, 0.29) is 12.4 Å². The highest BCUT2D eigenvalue weighted by atomic mass is 35.5. The van der Waals surface area contributed by atoms with Crippen LogP contribution in [-0.4, -0.2) is 6.54 Å². The Balaban J connectivity index is 0.000000750. The van der Waals surface area contributed by atoms with E-state index in [4.69, 9.17) is 11.6 Å². The minimum Gasteiger partial charge on any atom is -0.384 e. The maximum Gasteiger partial charge on any atom is 0.0410 e. The number of hydrogen-bond donors (Lipinski definition) is 1. The number of hydrogen-bond acceptors (Lipinski definition) is 1. The standard InChI is InChI=1S/C11H12ClN.ClH/c12-8-2-3-10-9(6-8)11(7-13-10)4-1-5-11;/h2-3,6,13H,1,4-5,7H2;1H. The average Bonchev–Trinajstić information content (AvgIpc) is 2.41. The second-order valence-corrected chi connectivity index (χ2v) is 4.61. The summed E-state index contributed by atoms with van der Waals surface area (Å²) >= 11 is 6.00. The van der Waals surface area contributed by atoms with E-state index in [9.17, 15) is 0 Å². The molecule has 76 valence electrons. The first-order chi connectivity index (χ1) is 6.30. The fraction of sp³-hybridized carbons (Fsp3) is 0.455. The molecule has 0 aromatic heterocycles. The van der Waals surface area contributed by atoms with Crippen LogP contribution in [0.25, 0.3) is 0 Å². The first-order valence-corrected chi connectivity index (χ1v) is 5.22. The number of nitrogens with one attached hydrogen (secondary N) is 1. The van der Waals surface area contributed by atoms with Crippen LogP contribution in [0, 0.1) is 0 Å². The van der Waals surface area contributed by atoms with Gasteiger partial charge in [-0.25, -0.2) is 0 Å². The second kappa shape index (κ2) is 3.32. The van der Waals surface area contributed by atoms with Gasteiger partial charge >= 0.3 is 0 Å². The Morgan fingerprint density at radius 2 is 2.07 bits per heavy atom. The molecule has 1 aliphatic heterocycles. The van der Waals surface area contributed by atoms with E-state index in [1.165, 1.54) is 30.5 Å². The molecule has 3 rings (SSSR count). The van der Waals surface area contributed by atoms with Crippen LogP contribution < -0.4 is 5.32 Å². The Hall–Kier alpha value is -0.400. The van der Waals surface area contributed by atoms with Crippen molar-refractivity contribution in [2.75, 3.05) is 11.9 Å². The predicted octanol–water partition coefficient (Wildman–Crippen LogP) is 3.61. The molecule has 1 N–H and O–H groups in total. The summed E-state index contributed by atoms with van der Waals surface area (Å²) in [5.74, 6) is 0. The monoisotopic (exact) mass is 229 g/mol. The molecular formula is C11H13Cl2N. The van der Waals surface area contributed by atoms with Crippen LogP contribution in [-0.2, 0) is 5.41 Å². The van der Waals surface area contributed by atoms with Crippen LogP contribution in [0.2, 0.25) is 5.02 Å². The Bertz CT molecular complexity index is 358. The summed E-state index contributed by atoms with van der Waals surface area (Å²) in [4.78, 5) is 0. The molecule has 1 aromatic carbocycles. The molecule has 0 radical (unpaired) electrons. The molecule has 2 aliphatic rings. The lowest BCUT2D eigenvalue weighted by Gasteiger charge is -2.38. The largest absolute Gasteiger partial charge is 0.384 e. The number of benzene rings is 1. The normalized spacial score (nSPS) is 20.6. The van der Waals surface area contributed by atoms with Crippen molar-refractivity contribution in [3.05, 3.63) is 28.8 Å². The zero-order chi connectivity index (χ0) is 8.89. The van der Waals surface area contributed by atoms with Crippen molar-refractivity contribution in [2.45, 2.75) is 24.7 Å². The lowest BCUT2D eigenvalue weighted by atomic mass is 9.66. The van der Waals surface area contributed by atoms with E-state index in [0.29, 0.717) is 5.41 Å². The summed E-state index contributed by atoms with van der Waals surface area (Å²) in [6, 6.07) is 6.20. The number of fused-ring (bicyclic) bond motifs is 2. The molecule has 0 atom stereocenters. The van der Waals surface area contributed by atoms with Gasteiger partial charge in [-0.15, -0.1) is 12.4 Å². The summed E-state index contributed by atoms with van der Waals surface area (Å²) in [5.41, 5.74) is 3.19. The van der Waals surface area contributed by atoms with E-state index in [0.717, 1.165) is 11.6 Å². The lowest BCUT2D eigenvalue weighted by Crippen LogP contribution is -2.35. The highest BCUT2D eigenvalue weighted by Crippen LogP contribution is 2.50. The van der Waals surface area contributed by atoms with Gasteiger partial charge in [0.2, 0.25) is 0 Å². The van der Waals surface area contributed by atoms with Crippen LogP contribution in [0.1, 0.15) is 24.8 Å². The molecule has 1 heterocycles. The van der Waals surface area contributed by atoms with E-state index >= 15 is 0 Å². The molecule has 1 fully saturated rings. The predicted molar refractivity (Wildman–Crippen MR) is 62.7 cm³/mol. The first kappa shape index (κ1) is 10.1. The molecule has 0 unspecified atom stereocenters. The van der Waals surface area contributed by atoms with Crippen molar-refractivity contribution in [1.29, 1.82) is 0 Å². The van der Waals surface area contributed by atoms with Crippen molar-refractivity contribution < 1.29 is 0 Å². The van der Waals surface area contributed by atoms with Crippen molar-refractivity contribution in [3.8, 4) is 0 Å². The van der Waals surface area contributed by atoms with Crippen molar-refractivity contribution in [3.63, 3.8) is 0 Å². The van der Waals surface area contributed by atoms with Gasteiger partial charge in [0.1, 0.15) is 0 Å². The van der Waals surface area contributed by atoms with E-state index in [2.05, 4.69) is 17.4 Å². The van der Waals surface area contributed by atoms with Crippen LogP contribution in [0.3, 0.4) is 0 Å². The molecule has 1 aromatic rings. The third-order valence-corrected chi connectivity index (χ3v) is 3.72. The summed E-state index contributed by atoms with van der Waals surface area (Å²) in [7, 11) is 0. The fourth-order valence-corrected chi connectivity index (χ4v) is 2.69. The molecular weight excluding hydrogens is 217 g/mol. The van der Waals surface area contributed by atoms with E-state index < -0.39 is 0 Å². The van der Waals surface area contributed by atoms with Crippen molar-refractivity contribution in [2.24, 2.45) is 0 Å². The molecule has 1 aliphatic carbocycles. The number of halogens is 2. The second-order valence-electron chi connectivity index (χ2n) is 4.18. The molecule has 1 nitrogen and oxygen atoms in total. The van der Waals surface area contributed by atoms with Crippen LogP contribution in [0.15, 0.2) is 18.2 Å². The molecule has 1 saturated carbocycles. The van der Waals surface area contributed by atoms with E-state index in [1.54, 1.807) is 0 Å². The first-order valence-electron chi connectivity index (χ1n) is 4.84. The quantitative estimate of drug-likeness (QED) is 0.717. The zero-order valence-electron chi connectivity index (χ0n) is 7.85. The van der Waals surface area contributed by atoms with Crippen LogP contribution in [0.4, 0.5) is 5.69 Å². The summed E-state index contributed by atoms with van der Waals surface area (Å²) in [6.45, 7) is 1.11. The van der Waals surface area contributed by atoms with E-state index in [1.807, 2.05) is 6.07 Å². The van der Waals surface area contributed by atoms with Crippen molar-refractivity contribution >= 4 is 29.7 Å². The lowest BCUT2D eigenvalue weighted by molar-refractivity contribution is 0.272. The Morgan fingerprint density at radius 1 is 1.29 bits per heavy atom. The highest BCUT2D eigenvalue weighted by molar-refractivity contribution is 6.30. The molecule has 14 heavy (non-hydrogen) atoms. The Kier molecular flexibility index (Phi) is 2.40. The third kappa shape index (κ3) is 1.23. The minimum absolute atomic E-state index is 0. The number of anilines is 1. The van der Waals surface area contributed by atoms with Gasteiger partial charge in [0, 0.05) is 22.7 Å². The third-order valence-electron chi connectivity index (χ3n) is 3.48. The Morgan fingerprint density at radius 3 is 2.71 bits per heavy atom. The van der Waals surface area contributed by atoms with Gasteiger partial charge in [-0.1, -0.05) is 18.0 Å². The topological polar surface area (TPSA) is 12.0 Å². The zero-order valence-corrected chi connectivity index (χ0v) is 9.42. The smallest absolute Gasteiger partial charge is 0.0410 e. The number of rotatable bonds is 0. The van der Waals surface area contributed by atoms with Gasteiger partial charge in [0.05, 0.1) is 0 Å². The molecule has 3 heteroatoms. The minimum atomic E-state index is 0. The van der Waals surface area contributed by atoms with Crippen LogP contribution >= 0.6 is 24.0 Å². The van der Waals surface area contributed by atoms with Gasteiger partial charge in [-0.2, -0.15) is 0 Å². The summed E-state index contributed by atoms with van der Waals surface area (Å²) in [6.07, 6.45) is 4.02. The maximum atomic E-state index is 6.00. The highest BCUT2D eigenvalue weighted by Gasteiger charge is 2.43. The summed E-state index contributed by atoms with van der Waals surface area (Å²) in [5, 5.41) is 4.33. The average molecular weight is 230 g/mol. The van der Waals surface area contributed by atoms with Crippen molar-refractivity contribution in [1.82, 2.24) is 0 Å². The van der Waals surface area contributed by atoms with Gasteiger partial charge in [-0.3, -0.25) is 0 Å². The molecule has 0 amide bonds. The molecule has 0 bridgehead atoms. The molecule has 1 spiro atoms.